The molecule has 1 aliphatic heterocycles. The van der Waals surface area contributed by atoms with Crippen molar-refractivity contribution in [3.63, 3.8) is 0 Å². The molecule has 1 saturated heterocycles. The number of pyridine rings is 2. The summed E-state index contributed by atoms with van der Waals surface area (Å²) < 4.78 is 6.53. The molecule has 1 unspecified atom stereocenters. The average Bonchev–Trinajstić information content (AvgIpc) is 2.62. The lowest BCUT2D eigenvalue weighted by Crippen LogP contribution is -2.36. The van der Waals surface area contributed by atoms with E-state index in [2.05, 4.69) is 25.8 Å². The predicted molar refractivity (Wildman–Crippen MR) is 102 cm³/mol. The highest BCUT2D eigenvalue weighted by Gasteiger charge is 2.25. The third-order valence-electron chi connectivity index (χ3n) is 4.56. The van der Waals surface area contributed by atoms with Crippen LogP contribution in [-0.4, -0.2) is 50.2 Å². The molecule has 0 amide bonds. The van der Waals surface area contributed by atoms with Crippen LogP contribution in [0.15, 0.2) is 23.1 Å². The molecule has 26 heavy (non-hydrogen) atoms. The SMILES string of the molecule is CC(Br)OC(=O)c1c(O)c2cccnc2n(CCN2CCCCC2)c1=O. The third-order valence-corrected chi connectivity index (χ3v) is 4.74. The van der Waals surface area contributed by atoms with Crippen molar-refractivity contribution in [1.82, 2.24) is 14.5 Å². The fourth-order valence-electron chi connectivity index (χ4n) is 3.29. The molecule has 1 aliphatic rings. The molecule has 0 spiro atoms. The molecule has 8 heteroatoms. The van der Waals surface area contributed by atoms with E-state index in [1.165, 1.54) is 11.0 Å². The summed E-state index contributed by atoms with van der Waals surface area (Å²) in [5.41, 5.74) is -0.560. The first-order valence-corrected chi connectivity index (χ1v) is 9.68. The molecular formula is C18H22BrN3O4. The zero-order valence-electron chi connectivity index (χ0n) is 14.7. The van der Waals surface area contributed by atoms with Crippen LogP contribution in [0.3, 0.4) is 0 Å². The number of hydrogen-bond donors (Lipinski definition) is 1. The normalized spacial score (nSPS) is 16.5. The first kappa shape index (κ1) is 18.8. The molecule has 3 rings (SSSR count). The lowest BCUT2D eigenvalue weighted by Gasteiger charge is -2.26. The van der Waals surface area contributed by atoms with Crippen LogP contribution in [0.5, 0.6) is 5.75 Å². The number of likely N-dealkylation sites (tertiary alicyclic amines) is 1. The maximum atomic E-state index is 12.9. The van der Waals surface area contributed by atoms with Crippen LogP contribution in [0.25, 0.3) is 11.0 Å². The number of nitrogens with zero attached hydrogens (tertiary/aromatic N) is 3. The Labute approximate surface area is 159 Å². The van der Waals surface area contributed by atoms with E-state index in [0.717, 1.165) is 25.9 Å². The molecule has 0 aromatic carbocycles. The van der Waals surface area contributed by atoms with Crippen LogP contribution in [0, 0.1) is 0 Å². The molecule has 140 valence electrons. The summed E-state index contributed by atoms with van der Waals surface area (Å²) in [5, 5.41) is 10.3. The number of hydrogen-bond acceptors (Lipinski definition) is 6. The summed E-state index contributed by atoms with van der Waals surface area (Å²) in [6.07, 6.45) is 5.12. The Kier molecular flexibility index (Phi) is 5.93. The van der Waals surface area contributed by atoms with Gasteiger partial charge in [-0.3, -0.25) is 9.36 Å². The van der Waals surface area contributed by atoms with Gasteiger partial charge in [0.1, 0.15) is 11.4 Å². The van der Waals surface area contributed by atoms with E-state index in [-0.39, 0.29) is 11.3 Å². The van der Waals surface area contributed by atoms with E-state index >= 15 is 0 Å². The summed E-state index contributed by atoms with van der Waals surface area (Å²) in [5.74, 6) is -1.24. The van der Waals surface area contributed by atoms with E-state index in [0.29, 0.717) is 24.1 Å². The molecule has 0 aliphatic carbocycles. The topological polar surface area (TPSA) is 84.7 Å². The lowest BCUT2D eigenvalue weighted by atomic mass is 10.1. The first-order valence-electron chi connectivity index (χ1n) is 8.77. The summed E-state index contributed by atoms with van der Waals surface area (Å²) in [4.78, 5) is 31.8. The van der Waals surface area contributed by atoms with Crippen molar-refractivity contribution in [1.29, 1.82) is 0 Å². The van der Waals surface area contributed by atoms with Crippen molar-refractivity contribution < 1.29 is 14.6 Å². The Morgan fingerprint density at radius 3 is 2.77 bits per heavy atom. The quantitative estimate of drug-likeness (QED) is 0.587. The van der Waals surface area contributed by atoms with Crippen LogP contribution in [0.4, 0.5) is 0 Å². The number of alkyl halides is 1. The smallest absolute Gasteiger partial charge is 0.348 e. The van der Waals surface area contributed by atoms with Gasteiger partial charge in [0.15, 0.2) is 10.6 Å². The number of piperidine rings is 1. The molecule has 2 aromatic rings. The summed E-state index contributed by atoms with van der Waals surface area (Å²) in [6, 6.07) is 3.30. The fourth-order valence-corrected chi connectivity index (χ4v) is 3.46. The number of carbonyl (C=O) groups is 1. The standard InChI is InChI=1S/C18H22BrN3O4/c1-12(19)26-18(25)14-15(23)13-6-5-7-20-16(13)22(17(14)24)11-10-21-8-3-2-4-9-21/h5-7,12,23H,2-4,8-11H2,1H3. The summed E-state index contributed by atoms with van der Waals surface area (Å²) in [7, 11) is 0. The van der Waals surface area contributed by atoms with Crippen molar-refractivity contribution in [2.24, 2.45) is 0 Å². The van der Waals surface area contributed by atoms with Crippen molar-refractivity contribution in [3.05, 3.63) is 34.2 Å². The van der Waals surface area contributed by atoms with Gasteiger partial charge < -0.3 is 14.7 Å². The van der Waals surface area contributed by atoms with Gasteiger partial charge in [-0.1, -0.05) is 6.42 Å². The Morgan fingerprint density at radius 2 is 2.08 bits per heavy atom. The van der Waals surface area contributed by atoms with Gasteiger partial charge in [0.2, 0.25) is 0 Å². The van der Waals surface area contributed by atoms with Gasteiger partial charge in [-0.25, -0.2) is 9.78 Å². The number of fused-ring (bicyclic) bond motifs is 1. The Balaban J connectivity index is 2.02. The first-order chi connectivity index (χ1) is 12.5. The number of rotatable bonds is 5. The second-order valence-corrected chi connectivity index (χ2v) is 7.70. The van der Waals surface area contributed by atoms with Crippen LogP contribution >= 0.6 is 15.9 Å². The maximum absolute atomic E-state index is 12.9. The zero-order chi connectivity index (χ0) is 18.7. The number of ether oxygens (including phenoxy) is 1. The summed E-state index contributed by atoms with van der Waals surface area (Å²) in [6.45, 7) is 4.73. The van der Waals surface area contributed by atoms with E-state index in [9.17, 15) is 14.7 Å². The van der Waals surface area contributed by atoms with Gasteiger partial charge >= 0.3 is 5.97 Å². The molecule has 1 atom stereocenters. The van der Waals surface area contributed by atoms with Gasteiger partial charge in [-0.2, -0.15) is 0 Å². The largest absolute Gasteiger partial charge is 0.506 e. The maximum Gasteiger partial charge on any atom is 0.348 e. The molecule has 0 radical (unpaired) electrons. The molecule has 0 saturated carbocycles. The number of esters is 1. The highest BCUT2D eigenvalue weighted by molar-refractivity contribution is 9.09. The number of aromatic hydroxyl groups is 1. The highest BCUT2D eigenvalue weighted by Crippen LogP contribution is 2.26. The van der Waals surface area contributed by atoms with Crippen molar-refractivity contribution in [2.45, 2.75) is 37.7 Å². The van der Waals surface area contributed by atoms with Crippen LogP contribution in [0.2, 0.25) is 0 Å². The molecule has 3 heterocycles. The molecule has 1 N–H and O–H groups in total. The highest BCUT2D eigenvalue weighted by atomic mass is 79.9. The zero-order valence-corrected chi connectivity index (χ0v) is 16.2. The lowest BCUT2D eigenvalue weighted by molar-refractivity contribution is 0.0484. The van der Waals surface area contributed by atoms with E-state index < -0.39 is 16.5 Å². The Bertz CT molecular complexity index is 859. The fraction of sp³-hybridized carbons (Fsp3) is 0.500. The van der Waals surface area contributed by atoms with E-state index in [1.807, 2.05) is 0 Å². The monoisotopic (exact) mass is 423 g/mol. The van der Waals surface area contributed by atoms with E-state index in [1.54, 1.807) is 25.3 Å². The molecule has 7 nitrogen and oxygen atoms in total. The van der Waals surface area contributed by atoms with Crippen LogP contribution in [0.1, 0.15) is 36.5 Å². The van der Waals surface area contributed by atoms with Gasteiger partial charge in [0.05, 0.1) is 5.39 Å². The van der Waals surface area contributed by atoms with Crippen LogP contribution < -0.4 is 5.56 Å². The van der Waals surface area contributed by atoms with E-state index in [4.69, 9.17) is 4.74 Å². The van der Waals surface area contributed by atoms with Crippen molar-refractivity contribution in [3.8, 4) is 5.75 Å². The minimum Gasteiger partial charge on any atom is -0.506 e. The van der Waals surface area contributed by atoms with Gasteiger partial charge in [0.25, 0.3) is 5.56 Å². The van der Waals surface area contributed by atoms with Crippen molar-refractivity contribution >= 4 is 32.9 Å². The van der Waals surface area contributed by atoms with Gasteiger partial charge in [-0.05, 0) is 60.9 Å². The predicted octanol–water partition coefficient (Wildman–Crippen LogP) is 2.49. The molecule has 0 bridgehead atoms. The van der Waals surface area contributed by atoms with Gasteiger partial charge in [0, 0.05) is 19.3 Å². The minimum atomic E-state index is -0.852. The number of aromatic nitrogens is 2. The second-order valence-electron chi connectivity index (χ2n) is 6.41. The number of halogens is 1. The van der Waals surface area contributed by atoms with Crippen LogP contribution in [-0.2, 0) is 11.3 Å². The molecular weight excluding hydrogens is 402 g/mol. The van der Waals surface area contributed by atoms with Gasteiger partial charge in [-0.15, -0.1) is 0 Å². The van der Waals surface area contributed by atoms with Crippen molar-refractivity contribution in [2.75, 3.05) is 19.6 Å². The minimum absolute atomic E-state index is 0.351. The third kappa shape index (κ3) is 3.91. The Hall–Kier alpha value is -1.93. The molecule has 2 aromatic heterocycles. The average molecular weight is 424 g/mol. The second kappa shape index (κ2) is 8.18. The molecule has 1 fully saturated rings. The summed E-state index contributed by atoms with van der Waals surface area (Å²) >= 11 is 3.12. The number of carbonyl (C=O) groups excluding carboxylic acids is 1. The Morgan fingerprint density at radius 1 is 1.35 bits per heavy atom.